The lowest BCUT2D eigenvalue weighted by atomic mass is 10.2. The first-order chi connectivity index (χ1) is 9.71. The van der Waals surface area contributed by atoms with Crippen molar-refractivity contribution in [3.05, 3.63) is 23.2 Å². The van der Waals surface area contributed by atoms with Crippen LogP contribution in [0.2, 0.25) is 5.02 Å². The van der Waals surface area contributed by atoms with E-state index in [4.69, 9.17) is 11.6 Å². The Labute approximate surface area is 123 Å². The van der Waals surface area contributed by atoms with Crippen molar-refractivity contribution in [2.24, 2.45) is 0 Å². The van der Waals surface area contributed by atoms with Crippen molar-refractivity contribution >= 4 is 34.3 Å². The summed E-state index contributed by atoms with van der Waals surface area (Å²) in [4.78, 5) is 11.5. The predicted molar refractivity (Wildman–Crippen MR) is 83.8 cm³/mol. The Bertz CT molecular complexity index is 630. The van der Waals surface area contributed by atoms with Gasteiger partial charge in [-0.3, -0.25) is 0 Å². The molecular formula is C14H18ClN5. The maximum absolute atomic E-state index is 6.05. The van der Waals surface area contributed by atoms with Crippen LogP contribution in [0.4, 0.5) is 11.8 Å². The summed E-state index contributed by atoms with van der Waals surface area (Å²) < 4.78 is 0. The van der Waals surface area contributed by atoms with Crippen molar-refractivity contribution in [2.75, 3.05) is 37.4 Å². The molecule has 0 spiro atoms. The molecule has 1 saturated heterocycles. The number of hydrogen-bond acceptors (Lipinski definition) is 5. The number of hydrogen-bond donors (Lipinski definition) is 2. The third-order valence-corrected chi connectivity index (χ3v) is 4.00. The van der Waals surface area contributed by atoms with Crippen molar-refractivity contribution in [2.45, 2.75) is 12.5 Å². The molecule has 106 valence electrons. The molecule has 0 aliphatic carbocycles. The normalized spacial score (nSPS) is 18.8. The van der Waals surface area contributed by atoms with E-state index >= 15 is 0 Å². The molecular weight excluding hydrogens is 274 g/mol. The topological polar surface area (TPSA) is 53.1 Å². The highest BCUT2D eigenvalue weighted by Crippen LogP contribution is 2.27. The lowest BCUT2D eigenvalue weighted by molar-refractivity contribution is 0.616. The third-order valence-electron chi connectivity index (χ3n) is 3.76. The summed E-state index contributed by atoms with van der Waals surface area (Å²) in [5.74, 6) is 1.60. The molecule has 2 aromatic rings. The van der Waals surface area contributed by atoms with Crippen LogP contribution >= 0.6 is 11.6 Å². The maximum Gasteiger partial charge on any atom is 0.227 e. The zero-order chi connectivity index (χ0) is 14.1. The Morgan fingerprint density at radius 3 is 2.85 bits per heavy atom. The molecule has 0 bridgehead atoms. The molecule has 0 unspecified atom stereocenters. The van der Waals surface area contributed by atoms with Crippen molar-refractivity contribution in [1.82, 2.24) is 15.3 Å². The van der Waals surface area contributed by atoms with Gasteiger partial charge in [0, 0.05) is 36.6 Å². The second kappa shape index (κ2) is 5.42. The predicted octanol–water partition coefficient (Wildman–Crippen LogP) is 2.12. The van der Waals surface area contributed by atoms with Crippen molar-refractivity contribution in [3.8, 4) is 0 Å². The summed E-state index contributed by atoms with van der Waals surface area (Å²) in [5, 5.41) is 8.09. The van der Waals surface area contributed by atoms with Crippen molar-refractivity contribution in [3.63, 3.8) is 0 Å². The summed E-state index contributed by atoms with van der Waals surface area (Å²) in [7, 11) is 3.86. The Kier molecular flexibility index (Phi) is 3.63. The minimum atomic E-state index is 0.512. The van der Waals surface area contributed by atoms with E-state index in [1.165, 1.54) is 0 Å². The highest BCUT2D eigenvalue weighted by atomic mass is 35.5. The molecule has 0 radical (unpaired) electrons. The van der Waals surface area contributed by atoms with E-state index in [0.29, 0.717) is 11.1 Å². The van der Waals surface area contributed by atoms with Gasteiger partial charge in [-0.05, 0) is 31.7 Å². The van der Waals surface area contributed by atoms with Crippen molar-refractivity contribution in [1.29, 1.82) is 0 Å². The molecule has 1 aromatic carbocycles. The van der Waals surface area contributed by atoms with Gasteiger partial charge in [-0.1, -0.05) is 11.6 Å². The van der Waals surface area contributed by atoms with E-state index in [2.05, 4.69) is 25.5 Å². The average molecular weight is 292 g/mol. The van der Waals surface area contributed by atoms with Gasteiger partial charge in [0.1, 0.15) is 5.82 Å². The van der Waals surface area contributed by atoms with E-state index in [-0.39, 0.29) is 0 Å². The van der Waals surface area contributed by atoms with E-state index < -0.39 is 0 Å². The summed E-state index contributed by atoms with van der Waals surface area (Å²) in [5.41, 5.74) is 0.914. The number of aromatic nitrogens is 2. The largest absolute Gasteiger partial charge is 0.372 e. The summed E-state index contributed by atoms with van der Waals surface area (Å²) in [6, 6.07) is 6.21. The minimum absolute atomic E-state index is 0.512. The SMILES string of the molecule is CNc1nc(N2CC[C@H](NC)C2)nc2ccc(Cl)cc12. The Hall–Kier alpha value is -1.59. The highest BCUT2D eigenvalue weighted by Gasteiger charge is 2.23. The summed E-state index contributed by atoms with van der Waals surface area (Å²) >= 11 is 6.05. The van der Waals surface area contributed by atoms with Gasteiger partial charge in [0.15, 0.2) is 0 Å². The van der Waals surface area contributed by atoms with E-state index in [0.717, 1.165) is 42.2 Å². The van der Waals surface area contributed by atoms with Crippen LogP contribution in [-0.4, -0.2) is 43.2 Å². The van der Waals surface area contributed by atoms with Gasteiger partial charge in [0.05, 0.1) is 5.52 Å². The van der Waals surface area contributed by atoms with E-state index in [1.807, 2.05) is 32.3 Å². The van der Waals surface area contributed by atoms with Gasteiger partial charge in [0.25, 0.3) is 0 Å². The second-order valence-electron chi connectivity index (χ2n) is 5.00. The number of rotatable bonds is 3. The van der Waals surface area contributed by atoms with Gasteiger partial charge in [0.2, 0.25) is 5.95 Å². The molecule has 2 heterocycles. The first-order valence-corrected chi connectivity index (χ1v) is 7.16. The minimum Gasteiger partial charge on any atom is -0.372 e. The van der Waals surface area contributed by atoms with Crippen LogP contribution in [0.15, 0.2) is 18.2 Å². The molecule has 1 aliphatic heterocycles. The fraction of sp³-hybridized carbons (Fsp3) is 0.429. The summed E-state index contributed by atoms with van der Waals surface area (Å²) in [6.07, 6.45) is 1.12. The molecule has 1 fully saturated rings. The third kappa shape index (κ3) is 2.39. The van der Waals surface area contributed by atoms with Gasteiger partial charge < -0.3 is 15.5 Å². The van der Waals surface area contributed by atoms with Crippen molar-refractivity contribution < 1.29 is 0 Å². The summed E-state index contributed by atoms with van der Waals surface area (Å²) in [6.45, 7) is 1.92. The lowest BCUT2D eigenvalue weighted by Crippen LogP contribution is -2.30. The molecule has 1 atom stereocenters. The fourth-order valence-electron chi connectivity index (χ4n) is 2.60. The molecule has 0 amide bonds. The molecule has 6 heteroatoms. The monoisotopic (exact) mass is 291 g/mol. The van der Waals surface area contributed by atoms with Crippen LogP contribution in [0.1, 0.15) is 6.42 Å². The zero-order valence-electron chi connectivity index (χ0n) is 11.7. The van der Waals surface area contributed by atoms with Gasteiger partial charge in [-0.15, -0.1) is 0 Å². The number of benzene rings is 1. The quantitative estimate of drug-likeness (QED) is 0.907. The number of fused-ring (bicyclic) bond motifs is 1. The zero-order valence-corrected chi connectivity index (χ0v) is 12.4. The Balaban J connectivity index is 2.02. The molecule has 5 nitrogen and oxygen atoms in total. The Morgan fingerprint density at radius 2 is 2.15 bits per heavy atom. The smallest absolute Gasteiger partial charge is 0.227 e. The highest BCUT2D eigenvalue weighted by molar-refractivity contribution is 6.31. The second-order valence-corrected chi connectivity index (χ2v) is 5.44. The lowest BCUT2D eigenvalue weighted by Gasteiger charge is -2.18. The molecule has 2 N–H and O–H groups in total. The standard InChI is InChI=1S/C14H18ClN5/c1-16-10-5-6-20(8-10)14-18-12-4-3-9(15)7-11(12)13(17-2)19-14/h3-4,7,10,16H,5-6,8H2,1-2H3,(H,17,18,19)/t10-/m0/s1. The number of halogens is 1. The molecule has 3 rings (SSSR count). The average Bonchev–Trinajstić information content (AvgIpc) is 2.95. The number of likely N-dealkylation sites (N-methyl/N-ethyl adjacent to an activating group) is 1. The van der Waals surface area contributed by atoms with Crippen LogP contribution < -0.4 is 15.5 Å². The number of nitrogens with zero attached hydrogens (tertiary/aromatic N) is 3. The number of anilines is 2. The first-order valence-electron chi connectivity index (χ1n) is 6.78. The number of nitrogens with one attached hydrogen (secondary N) is 2. The van der Waals surface area contributed by atoms with Gasteiger partial charge >= 0.3 is 0 Å². The van der Waals surface area contributed by atoms with Gasteiger partial charge in [-0.25, -0.2) is 4.98 Å². The van der Waals surface area contributed by atoms with Crippen LogP contribution in [-0.2, 0) is 0 Å². The van der Waals surface area contributed by atoms with Crippen LogP contribution in [0.3, 0.4) is 0 Å². The van der Waals surface area contributed by atoms with Gasteiger partial charge in [-0.2, -0.15) is 4.98 Å². The molecule has 1 aliphatic rings. The molecule has 1 aromatic heterocycles. The van der Waals surface area contributed by atoms with Crippen LogP contribution in [0.25, 0.3) is 10.9 Å². The fourth-order valence-corrected chi connectivity index (χ4v) is 2.77. The Morgan fingerprint density at radius 1 is 1.30 bits per heavy atom. The molecule has 20 heavy (non-hydrogen) atoms. The first kappa shape index (κ1) is 13.4. The molecule has 0 saturated carbocycles. The maximum atomic E-state index is 6.05. The van der Waals surface area contributed by atoms with E-state index in [1.54, 1.807) is 0 Å². The van der Waals surface area contributed by atoms with E-state index in [9.17, 15) is 0 Å². The van der Waals surface area contributed by atoms with Crippen LogP contribution in [0, 0.1) is 0 Å². The van der Waals surface area contributed by atoms with Crippen LogP contribution in [0.5, 0.6) is 0 Å².